The highest BCUT2D eigenvalue weighted by molar-refractivity contribution is 5.38. The van der Waals surface area contributed by atoms with Gasteiger partial charge in [-0.25, -0.2) is 0 Å². The molecule has 2 rings (SSSR count). The van der Waals surface area contributed by atoms with E-state index in [4.69, 9.17) is 5.73 Å². The summed E-state index contributed by atoms with van der Waals surface area (Å²) in [5.74, 6) is 0. The van der Waals surface area contributed by atoms with Crippen LogP contribution in [0.1, 0.15) is 36.6 Å². The molecule has 0 aliphatic carbocycles. The van der Waals surface area contributed by atoms with Gasteiger partial charge in [-0.2, -0.15) is 0 Å². The van der Waals surface area contributed by atoms with Crippen LogP contribution in [-0.4, -0.2) is 28.7 Å². The van der Waals surface area contributed by atoms with Gasteiger partial charge in [0.1, 0.15) is 0 Å². The number of aliphatic hydroxyl groups is 1. The summed E-state index contributed by atoms with van der Waals surface area (Å²) >= 11 is 0. The van der Waals surface area contributed by atoms with Gasteiger partial charge in [0.2, 0.25) is 0 Å². The molecule has 0 aromatic heterocycles. The molecule has 1 atom stereocenters. The van der Waals surface area contributed by atoms with Crippen LogP contribution in [0, 0.1) is 6.92 Å². The maximum Gasteiger partial charge on any atom is 0.0610 e. The Labute approximate surface area is 103 Å². The zero-order chi connectivity index (χ0) is 12.6. The van der Waals surface area contributed by atoms with Crippen molar-refractivity contribution >= 4 is 0 Å². The lowest BCUT2D eigenvalue weighted by atomic mass is 9.99. The molecule has 0 bridgehead atoms. The molecule has 1 aromatic carbocycles. The van der Waals surface area contributed by atoms with E-state index in [1.165, 1.54) is 16.7 Å². The Morgan fingerprint density at radius 3 is 2.76 bits per heavy atom. The van der Waals surface area contributed by atoms with E-state index in [-0.39, 0.29) is 18.2 Å². The first-order valence-corrected chi connectivity index (χ1v) is 6.16. The molecule has 1 aromatic rings. The minimum absolute atomic E-state index is 0.149. The maximum absolute atomic E-state index is 9.52. The topological polar surface area (TPSA) is 49.5 Å². The Bertz CT molecular complexity index is 415. The van der Waals surface area contributed by atoms with E-state index in [0.29, 0.717) is 6.54 Å². The first-order chi connectivity index (χ1) is 7.99. The van der Waals surface area contributed by atoms with Crippen LogP contribution in [0.5, 0.6) is 0 Å². The van der Waals surface area contributed by atoms with Crippen molar-refractivity contribution in [3.8, 4) is 0 Å². The Kier molecular flexibility index (Phi) is 3.25. The van der Waals surface area contributed by atoms with E-state index in [1.807, 2.05) is 0 Å². The fourth-order valence-corrected chi connectivity index (χ4v) is 2.61. The van der Waals surface area contributed by atoms with Gasteiger partial charge >= 0.3 is 0 Å². The third-order valence-corrected chi connectivity index (χ3v) is 3.76. The zero-order valence-electron chi connectivity index (χ0n) is 10.9. The van der Waals surface area contributed by atoms with Crippen LogP contribution in [-0.2, 0) is 6.54 Å². The summed E-state index contributed by atoms with van der Waals surface area (Å²) < 4.78 is 0. The van der Waals surface area contributed by atoms with Gasteiger partial charge in [0.25, 0.3) is 0 Å². The SMILES string of the molecule is Cc1ccc2c(c1)C(CN)N(C(C)(C)CO)C2. The average Bonchev–Trinajstić information content (AvgIpc) is 2.67. The molecule has 0 fully saturated rings. The van der Waals surface area contributed by atoms with Crippen LogP contribution in [0.3, 0.4) is 0 Å². The van der Waals surface area contributed by atoms with E-state index in [2.05, 4.69) is 43.9 Å². The van der Waals surface area contributed by atoms with Crippen LogP contribution in [0.2, 0.25) is 0 Å². The van der Waals surface area contributed by atoms with Crippen molar-refractivity contribution in [1.29, 1.82) is 0 Å². The number of hydrogen-bond donors (Lipinski definition) is 2. The summed E-state index contributed by atoms with van der Waals surface area (Å²) in [5, 5.41) is 9.52. The second kappa shape index (κ2) is 4.41. The molecular formula is C14H22N2O. The fourth-order valence-electron chi connectivity index (χ4n) is 2.61. The Morgan fingerprint density at radius 2 is 2.18 bits per heavy atom. The predicted octanol–water partition coefficient (Wildman–Crippen LogP) is 1.58. The number of nitrogens with two attached hydrogens (primary N) is 1. The Morgan fingerprint density at radius 1 is 1.47 bits per heavy atom. The van der Waals surface area contributed by atoms with E-state index in [9.17, 15) is 5.11 Å². The lowest BCUT2D eigenvalue weighted by molar-refractivity contribution is 0.0293. The van der Waals surface area contributed by atoms with E-state index < -0.39 is 0 Å². The molecule has 1 aliphatic heterocycles. The van der Waals surface area contributed by atoms with E-state index in [0.717, 1.165) is 6.54 Å². The Hall–Kier alpha value is -0.900. The van der Waals surface area contributed by atoms with Crippen LogP contribution in [0.15, 0.2) is 18.2 Å². The molecular weight excluding hydrogens is 212 g/mol. The lowest BCUT2D eigenvalue weighted by Gasteiger charge is -2.38. The summed E-state index contributed by atoms with van der Waals surface area (Å²) in [6.45, 7) is 7.86. The van der Waals surface area contributed by atoms with Gasteiger partial charge in [-0.05, 0) is 31.9 Å². The first-order valence-electron chi connectivity index (χ1n) is 6.16. The maximum atomic E-state index is 9.52. The van der Waals surface area contributed by atoms with Crippen LogP contribution < -0.4 is 5.73 Å². The highest BCUT2D eigenvalue weighted by atomic mass is 16.3. The highest BCUT2D eigenvalue weighted by Crippen LogP contribution is 2.38. The molecule has 0 saturated heterocycles. The van der Waals surface area contributed by atoms with Gasteiger partial charge < -0.3 is 10.8 Å². The number of aryl methyl sites for hydroxylation is 1. The van der Waals surface area contributed by atoms with Crippen molar-refractivity contribution < 1.29 is 5.11 Å². The van der Waals surface area contributed by atoms with Crippen molar-refractivity contribution in [3.63, 3.8) is 0 Å². The molecule has 3 nitrogen and oxygen atoms in total. The molecule has 1 heterocycles. The number of nitrogens with zero attached hydrogens (tertiary/aromatic N) is 1. The van der Waals surface area contributed by atoms with Crippen LogP contribution in [0.25, 0.3) is 0 Å². The van der Waals surface area contributed by atoms with Crippen molar-refractivity contribution in [1.82, 2.24) is 4.90 Å². The summed E-state index contributed by atoms with van der Waals surface area (Å²) in [7, 11) is 0. The zero-order valence-corrected chi connectivity index (χ0v) is 10.9. The standard InChI is InChI=1S/C14H22N2O/c1-10-4-5-11-8-16(14(2,3)9-17)13(7-15)12(11)6-10/h4-6,13,17H,7-9,15H2,1-3H3. The second-order valence-corrected chi connectivity index (χ2v) is 5.55. The lowest BCUT2D eigenvalue weighted by Crippen LogP contribution is -2.47. The van der Waals surface area contributed by atoms with Crippen molar-refractivity contribution in [3.05, 3.63) is 34.9 Å². The molecule has 3 heteroatoms. The number of hydrogen-bond acceptors (Lipinski definition) is 3. The van der Waals surface area contributed by atoms with Crippen molar-refractivity contribution in [2.75, 3.05) is 13.2 Å². The largest absolute Gasteiger partial charge is 0.394 e. The summed E-state index contributed by atoms with van der Waals surface area (Å²) in [5.41, 5.74) is 9.63. The molecule has 0 spiro atoms. The average molecular weight is 234 g/mol. The molecule has 94 valence electrons. The van der Waals surface area contributed by atoms with Gasteiger partial charge in [0.05, 0.1) is 6.61 Å². The van der Waals surface area contributed by atoms with Crippen LogP contribution in [0.4, 0.5) is 0 Å². The third-order valence-electron chi connectivity index (χ3n) is 3.76. The van der Waals surface area contributed by atoms with E-state index in [1.54, 1.807) is 0 Å². The molecule has 3 N–H and O–H groups in total. The van der Waals surface area contributed by atoms with Gasteiger partial charge in [-0.3, -0.25) is 4.90 Å². The number of benzene rings is 1. The third kappa shape index (κ3) is 2.10. The van der Waals surface area contributed by atoms with E-state index >= 15 is 0 Å². The normalized spacial score (nSPS) is 20.6. The van der Waals surface area contributed by atoms with Crippen molar-refractivity contribution in [2.24, 2.45) is 5.73 Å². The number of fused-ring (bicyclic) bond motifs is 1. The summed E-state index contributed by atoms with van der Waals surface area (Å²) in [6, 6.07) is 6.77. The van der Waals surface area contributed by atoms with Gasteiger partial charge in [-0.15, -0.1) is 0 Å². The molecule has 0 amide bonds. The molecule has 0 saturated carbocycles. The first kappa shape index (κ1) is 12.6. The van der Waals surface area contributed by atoms with Crippen LogP contribution >= 0.6 is 0 Å². The summed E-state index contributed by atoms with van der Waals surface area (Å²) in [6.07, 6.45) is 0. The predicted molar refractivity (Wildman–Crippen MR) is 69.7 cm³/mol. The van der Waals surface area contributed by atoms with Gasteiger partial charge in [0, 0.05) is 24.7 Å². The fraction of sp³-hybridized carbons (Fsp3) is 0.571. The Balaban J connectivity index is 2.38. The minimum Gasteiger partial charge on any atom is -0.394 e. The highest BCUT2D eigenvalue weighted by Gasteiger charge is 2.38. The molecule has 1 unspecified atom stereocenters. The second-order valence-electron chi connectivity index (χ2n) is 5.55. The molecule has 1 aliphatic rings. The smallest absolute Gasteiger partial charge is 0.0610 e. The number of aliphatic hydroxyl groups excluding tert-OH is 1. The molecule has 0 radical (unpaired) electrons. The molecule has 17 heavy (non-hydrogen) atoms. The minimum atomic E-state index is -0.225. The monoisotopic (exact) mass is 234 g/mol. The number of rotatable bonds is 3. The van der Waals surface area contributed by atoms with Gasteiger partial charge in [0.15, 0.2) is 0 Å². The summed E-state index contributed by atoms with van der Waals surface area (Å²) in [4.78, 5) is 2.30. The van der Waals surface area contributed by atoms with Gasteiger partial charge in [-0.1, -0.05) is 23.8 Å². The quantitative estimate of drug-likeness (QED) is 0.835. The van der Waals surface area contributed by atoms with Crippen molar-refractivity contribution in [2.45, 2.75) is 38.9 Å².